The maximum atomic E-state index is 12.8. The summed E-state index contributed by atoms with van der Waals surface area (Å²) < 4.78 is 0. The van der Waals surface area contributed by atoms with Gasteiger partial charge >= 0.3 is 0 Å². The Hall–Kier alpha value is -1.10. The molecule has 3 aliphatic carbocycles. The fourth-order valence-corrected chi connectivity index (χ4v) is 5.23. The molecule has 4 atom stereocenters. The van der Waals surface area contributed by atoms with Crippen LogP contribution in [0.2, 0.25) is 0 Å². The standard InChI is InChI=1S/C19H33N3O2/c1-22(2)19(24)14-7-4-8-16(11-14)21-18(23)15-9-12-5-3-6-13(10-15)17(12)20/h12-17H,3-11,20H2,1-2H3,(H,21,23). The molecular formula is C19H33N3O2. The van der Waals surface area contributed by atoms with E-state index in [1.54, 1.807) is 4.90 Å². The van der Waals surface area contributed by atoms with E-state index in [9.17, 15) is 9.59 Å². The number of nitrogens with zero attached hydrogens (tertiary/aromatic N) is 1. The van der Waals surface area contributed by atoms with Crippen molar-refractivity contribution in [3.8, 4) is 0 Å². The molecule has 0 aromatic heterocycles. The van der Waals surface area contributed by atoms with Crippen molar-refractivity contribution in [1.29, 1.82) is 0 Å². The van der Waals surface area contributed by atoms with Crippen molar-refractivity contribution in [3.63, 3.8) is 0 Å². The Labute approximate surface area is 145 Å². The zero-order chi connectivity index (χ0) is 17.3. The third kappa shape index (κ3) is 3.76. The van der Waals surface area contributed by atoms with Gasteiger partial charge in [-0.25, -0.2) is 0 Å². The van der Waals surface area contributed by atoms with Crippen LogP contribution in [0.3, 0.4) is 0 Å². The number of hydrogen-bond acceptors (Lipinski definition) is 3. The topological polar surface area (TPSA) is 75.4 Å². The third-order valence-electron chi connectivity index (χ3n) is 6.59. The second-order valence-corrected chi connectivity index (χ2v) is 8.50. The molecule has 0 aliphatic heterocycles. The Morgan fingerprint density at radius 3 is 2.17 bits per heavy atom. The lowest BCUT2D eigenvalue weighted by molar-refractivity contribution is -0.135. The first kappa shape index (κ1) is 17.7. The summed E-state index contributed by atoms with van der Waals surface area (Å²) in [5.41, 5.74) is 6.34. The molecule has 0 heterocycles. The second-order valence-electron chi connectivity index (χ2n) is 8.50. The lowest BCUT2D eigenvalue weighted by Crippen LogP contribution is -2.51. The van der Waals surface area contributed by atoms with Gasteiger partial charge in [0.1, 0.15) is 0 Å². The van der Waals surface area contributed by atoms with Crippen LogP contribution in [0.15, 0.2) is 0 Å². The van der Waals surface area contributed by atoms with Crippen LogP contribution in [-0.4, -0.2) is 42.9 Å². The van der Waals surface area contributed by atoms with Crippen molar-refractivity contribution in [2.45, 2.75) is 69.9 Å². The molecule has 0 spiro atoms. The minimum Gasteiger partial charge on any atom is -0.353 e. The predicted octanol–water partition coefficient (Wildman–Crippen LogP) is 1.90. The van der Waals surface area contributed by atoms with Gasteiger partial charge in [0.05, 0.1) is 0 Å². The number of nitrogens with two attached hydrogens (primary N) is 1. The first-order chi connectivity index (χ1) is 11.5. The van der Waals surface area contributed by atoms with Crippen molar-refractivity contribution in [3.05, 3.63) is 0 Å². The normalized spacial score (nSPS) is 39.1. The molecule has 0 aromatic rings. The minimum absolute atomic E-state index is 0.0678. The largest absolute Gasteiger partial charge is 0.353 e. The van der Waals surface area contributed by atoms with Crippen molar-refractivity contribution in [2.75, 3.05) is 14.1 Å². The predicted molar refractivity (Wildman–Crippen MR) is 94.1 cm³/mol. The fourth-order valence-electron chi connectivity index (χ4n) is 5.23. The summed E-state index contributed by atoms with van der Waals surface area (Å²) in [5, 5.41) is 3.27. The van der Waals surface area contributed by atoms with E-state index in [2.05, 4.69) is 5.32 Å². The van der Waals surface area contributed by atoms with E-state index in [1.165, 1.54) is 19.3 Å². The van der Waals surface area contributed by atoms with Crippen LogP contribution in [0.5, 0.6) is 0 Å². The lowest BCUT2D eigenvalue weighted by atomic mass is 9.65. The number of fused-ring (bicyclic) bond motifs is 2. The Kier molecular flexibility index (Phi) is 5.48. The number of hydrogen-bond donors (Lipinski definition) is 2. The summed E-state index contributed by atoms with van der Waals surface area (Å²) in [4.78, 5) is 26.6. The average Bonchev–Trinajstić information content (AvgIpc) is 2.54. The molecule has 5 heteroatoms. The summed E-state index contributed by atoms with van der Waals surface area (Å²) in [7, 11) is 3.63. The Morgan fingerprint density at radius 1 is 0.917 bits per heavy atom. The molecule has 4 unspecified atom stereocenters. The maximum absolute atomic E-state index is 12.8. The Balaban J connectivity index is 1.54. The smallest absolute Gasteiger partial charge is 0.225 e. The fraction of sp³-hybridized carbons (Fsp3) is 0.895. The van der Waals surface area contributed by atoms with Gasteiger partial charge in [-0.3, -0.25) is 9.59 Å². The van der Waals surface area contributed by atoms with Crippen molar-refractivity contribution < 1.29 is 9.59 Å². The summed E-state index contributed by atoms with van der Waals surface area (Å²) in [6.45, 7) is 0. The number of rotatable bonds is 3. The number of amides is 2. The number of nitrogens with one attached hydrogen (secondary N) is 1. The molecule has 3 N–H and O–H groups in total. The second kappa shape index (κ2) is 7.42. The molecule has 2 bridgehead atoms. The monoisotopic (exact) mass is 335 g/mol. The zero-order valence-electron chi connectivity index (χ0n) is 15.2. The SMILES string of the molecule is CN(C)C(=O)C1CCCC(NC(=O)C2CC3CCCC(C2)C3N)C1. The quantitative estimate of drug-likeness (QED) is 0.827. The van der Waals surface area contributed by atoms with E-state index in [-0.39, 0.29) is 29.7 Å². The highest BCUT2D eigenvalue weighted by molar-refractivity contribution is 5.80. The lowest BCUT2D eigenvalue weighted by Gasteiger charge is -2.44. The van der Waals surface area contributed by atoms with Crippen LogP contribution >= 0.6 is 0 Å². The van der Waals surface area contributed by atoms with Crippen LogP contribution in [-0.2, 0) is 9.59 Å². The molecule has 0 radical (unpaired) electrons. The molecule has 2 amide bonds. The van der Waals surface area contributed by atoms with Crippen molar-refractivity contribution >= 4 is 11.8 Å². The summed E-state index contributed by atoms with van der Waals surface area (Å²) in [6, 6.07) is 0.468. The van der Waals surface area contributed by atoms with E-state index >= 15 is 0 Å². The Morgan fingerprint density at radius 2 is 1.54 bits per heavy atom. The molecule has 24 heavy (non-hydrogen) atoms. The highest BCUT2D eigenvalue weighted by Crippen LogP contribution is 2.42. The van der Waals surface area contributed by atoms with Crippen molar-refractivity contribution in [2.24, 2.45) is 29.4 Å². The van der Waals surface area contributed by atoms with Gasteiger partial charge in [0.2, 0.25) is 11.8 Å². The van der Waals surface area contributed by atoms with Crippen LogP contribution < -0.4 is 11.1 Å². The number of carbonyl (C=O) groups is 2. The van der Waals surface area contributed by atoms with Gasteiger partial charge in [-0.2, -0.15) is 0 Å². The summed E-state index contributed by atoms with van der Waals surface area (Å²) in [6.07, 6.45) is 9.32. The van der Waals surface area contributed by atoms with E-state index in [4.69, 9.17) is 5.73 Å². The molecular weight excluding hydrogens is 302 g/mol. The molecule has 3 saturated carbocycles. The maximum Gasteiger partial charge on any atom is 0.225 e. The van der Waals surface area contributed by atoms with Gasteiger partial charge in [-0.05, 0) is 56.8 Å². The zero-order valence-corrected chi connectivity index (χ0v) is 15.2. The van der Waals surface area contributed by atoms with Gasteiger partial charge in [0.25, 0.3) is 0 Å². The minimum atomic E-state index is 0.0678. The molecule has 0 saturated heterocycles. The average molecular weight is 335 g/mol. The molecule has 3 aliphatic rings. The highest BCUT2D eigenvalue weighted by Gasteiger charge is 2.41. The number of carbonyl (C=O) groups excluding carboxylic acids is 2. The molecule has 136 valence electrons. The van der Waals surface area contributed by atoms with Crippen LogP contribution in [0, 0.1) is 23.7 Å². The first-order valence-electron chi connectivity index (χ1n) is 9.72. The highest BCUT2D eigenvalue weighted by atomic mass is 16.2. The van der Waals surface area contributed by atoms with E-state index < -0.39 is 0 Å². The van der Waals surface area contributed by atoms with Gasteiger partial charge < -0.3 is 16.0 Å². The summed E-state index contributed by atoms with van der Waals surface area (Å²) >= 11 is 0. The molecule has 3 fully saturated rings. The van der Waals surface area contributed by atoms with Gasteiger partial charge in [0, 0.05) is 38.0 Å². The Bertz CT molecular complexity index is 465. The van der Waals surface area contributed by atoms with Gasteiger partial charge in [0.15, 0.2) is 0 Å². The van der Waals surface area contributed by atoms with Gasteiger partial charge in [-0.1, -0.05) is 12.8 Å². The van der Waals surface area contributed by atoms with Crippen LogP contribution in [0.25, 0.3) is 0 Å². The van der Waals surface area contributed by atoms with E-state index in [0.717, 1.165) is 38.5 Å². The van der Waals surface area contributed by atoms with Crippen molar-refractivity contribution in [1.82, 2.24) is 10.2 Å². The van der Waals surface area contributed by atoms with E-state index in [1.807, 2.05) is 14.1 Å². The van der Waals surface area contributed by atoms with E-state index in [0.29, 0.717) is 17.9 Å². The first-order valence-corrected chi connectivity index (χ1v) is 9.72. The molecule has 3 rings (SSSR count). The summed E-state index contributed by atoms with van der Waals surface area (Å²) in [5.74, 6) is 1.67. The third-order valence-corrected chi connectivity index (χ3v) is 6.59. The molecule has 5 nitrogen and oxygen atoms in total. The van der Waals surface area contributed by atoms with Crippen LogP contribution in [0.1, 0.15) is 57.8 Å². The molecule has 0 aromatic carbocycles. The van der Waals surface area contributed by atoms with Crippen LogP contribution in [0.4, 0.5) is 0 Å². The van der Waals surface area contributed by atoms with Gasteiger partial charge in [-0.15, -0.1) is 0 Å².